The van der Waals surface area contributed by atoms with Crippen LogP contribution in [0.5, 0.6) is 11.5 Å². The van der Waals surface area contributed by atoms with Gasteiger partial charge in [-0.15, -0.1) is 0 Å². The molecule has 240 valence electrons. The molecular formula is C33H34F2N6O5. The van der Waals surface area contributed by atoms with Crippen LogP contribution in [0.25, 0.3) is 28.1 Å². The van der Waals surface area contributed by atoms with Crippen molar-refractivity contribution in [1.29, 1.82) is 0 Å². The molecule has 13 heteroatoms. The van der Waals surface area contributed by atoms with Gasteiger partial charge in [-0.3, -0.25) is 14.6 Å². The molecule has 11 nitrogen and oxygen atoms in total. The third kappa shape index (κ3) is 5.90. The van der Waals surface area contributed by atoms with E-state index in [0.29, 0.717) is 77.9 Å². The van der Waals surface area contributed by atoms with Crippen molar-refractivity contribution in [3.05, 3.63) is 71.7 Å². The molecular weight excluding hydrogens is 598 g/mol. The zero-order chi connectivity index (χ0) is 32.6. The Labute approximate surface area is 264 Å². The number of morpholine rings is 1. The summed E-state index contributed by atoms with van der Waals surface area (Å²) in [6.45, 7) is 5.27. The monoisotopic (exact) mass is 632 g/mol. The Morgan fingerprint density at radius 2 is 1.87 bits per heavy atom. The zero-order valence-electron chi connectivity index (χ0n) is 25.7. The highest BCUT2D eigenvalue weighted by Crippen LogP contribution is 2.46. The molecule has 0 spiro atoms. The second kappa shape index (κ2) is 12.5. The number of ether oxygens (including phenoxy) is 3. The van der Waals surface area contributed by atoms with Gasteiger partial charge in [0.05, 0.1) is 49.1 Å². The van der Waals surface area contributed by atoms with Crippen molar-refractivity contribution in [3.63, 3.8) is 0 Å². The number of nitrogens with two attached hydrogens (primary N) is 1. The summed E-state index contributed by atoms with van der Waals surface area (Å²) in [4.78, 5) is 32.5. The van der Waals surface area contributed by atoms with Crippen molar-refractivity contribution >= 4 is 17.5 Å². The highest BCUT2D eigenvalue weighted by molar-refractivity contribution is 5.98. The predicted octanol–water partition coefficient (Wildman–Crippen LogP) is 4.71. The van der Waals surface area contributed by atoms with Gasteiger partial charge in [-0.25, -0.2) is 13.5 Å². The summed E-state index contributed by atoms with van der Waals surface area (Å²) in [5, 5.41) is 7.51. The van der Waals surface area contributed by atoms with E-state index >= 15 is 0 Å². The van der Waals surface area contributed by atoms with Crippen LogP contribution in [0.3, 0.4) is 0 Å². The number of halogens is 2. The minimum absolute atomic E-state index is 0.0135. The molecule has 2 aromatic carbocycles. The van der Waals surface area contributed by atoms with Crippen LogP contribution in [0.4, 0.5) is 14.5 Å². The van der Waals surface area contributed by atoms with Gasteiger partial charge in [-0.1, -0.05) is 0 Å². The molecule has 1 fully saturated rings. The predicted molar refractivity (Wildman–Crippen MR) is 166 cm³/mol. The van der Waals surface area contributed by atoms with E-state index in [9.17, 15) is 18.4 Å². The Bertz CT molecular complexity index is 1800. The molecule has 4 heterocycles. The number of anilines is 1. The third-order valence-corrected chi connectivity index (χ3v) is 8.04. The fraction of sp³-hybridized carbons (Fsp3) is 0.333. The Morgan fingerprint density at radius 1 is 1.09 bits per heavy atom. The van der Waals surface area contributed by atoms with Crippen molar-refractivity contribution < 1.29 is 32.6 Å². The molecule has 2 aliphatic rings. The molecule has 3 N–H and O–H groups in total. The standard InChI is InChI=1S/C33H34F2N6O5/c1-33(2)18-45-8-7-40(33)32(43)30-26-17-46-28-14-27(44-3)24(19-9-22(16-37-15-19)38-29(42)5-4-6-36)13-25(28)31(26)41(39-30)23-11-20(34)10-21(35)12-23/h9-16H,4-8,17-18,36H2,1-3H3,(H,38,42). The second-order valence-corrected chi connectivity index (χ2v) is 11.8. The maximum Gasteiger partial charge on any atom is 0.275 e. The van der Waals surface area contributed by atoms with E-state index < -0.39 is 17.2 Å². The molecule has 2 aromatic heterocycles. The number of benzene rings is 2. The van der Waals surface area contributed by atoms with Crippen molar-refractivity contribution in [2.45, 2.75) is 38.8 Å². The third-order valence-electron chi connectivity index (χ3n) is 8.04. The number of rotatable bonds is 8. The molecule has 2 amide bonds. The van der Waals surface area contributed by atoms with Crippen LogP contribution >= 0.6 is 0 Å². The van der Waals surface area contributed by atoms with Gasteiger partial charge in [0.1, 0.15) is 29.7 Å². The summed E-state index contributed by atoms with van der Waals surface area (Å²) in [5.41, 5.74) is 8.29. The molecule has 0 bridgehead atoms. The summed E-state index contributed by atoms with van der Waals surface area (Å²) in [5.74, 6) is -1.23. The van der Waals surface area contributed by atoms with Gasteiger partial charge in [0, 0.05) is 53.5 Å². The second-order valence-electron chi connectivity index (χ2n) is 11.8. The highest BCUT2D eigenvalue weighted by atomic mass is 19.1. The number of fused-ring (bicyclic) bond motifs is 3. The normalized spacial score (nSPS) is 15.0. The minimum atomic E-state index is -0.791. The molecule has 6 rings (SSSR count). The van der Waals surface area contributed by atoms with Gasteiger partial charge >= 0.3 is 0 Å². The van der Waals surface area contributed by atoms with E-state index in [1.807, 2.05) is 13.8 Å². The first-order chi connectivity index (χ1) is 22.1. The average Bonchev–Trinajstić information content (AvgIpc) is 3.42. The molecule has 0 radical (unpaired) electrons. The lowest BCUT2D eigenvalue weighted by Crippen LogP contribution is -2.55. The van der Waals surface area contributed by atoms with Gasteiger partial charge in [-0.05, 0) is 51.1 Å². The maximum atomic E-state index is 14.5. The average molecular weight is 633 g/mol. The largest absolute Gasteiger partial charge is 0.496 e. The number of methoxy groups -OCH3 is 1. The summed E-state index contributed by atoms with van der Waals surface area (Å²) < 4.78 is 47.9. The number of nitrogens with zero attached hydrogens (tertiary/aromatic N) is 4. The lowest BCUT2D eigenvalue weighted by atomic mass is 9.95. The lowest BCUT2D eigenvalue weighted by Gasteiger charge is -2.41. The van der Waals surface area contributed by atoms with E-state index in [1.54, 1.807) is 29.3 Å². The van der Waals surface area contributed by atoms with Crippen LogP contribution in [0.15, 0.2) is 48.8 Å². The Balaban J connectivity index is 1.51. The molecule has 4 aromatic rings. The van der Waals surface area contributed by atoms with E-state index in [2.05, 4.69) is 15.4 Å². The molecule has 0 unspecified atom stereocenters. The van der Waals surface area contributed by atoms with Crippen LogP contribution in [0.1, 0.15) is 42.7 Å². The SMILES string of the molecule is COc1cc2c(cc1-c1cncc(NC(=O)CCCN)c1)-c1c(c(C(=O)N3CCOCC3(C)C)nn1-c1cc(F)cc(F)c1)CO2. The Morgan fingerprint density at radius 3 is 2.59 bits per heavy atom. The summed E-state index contributed by atoms with van der Waals surface area (Å²) in [7, 11) is 1.52. The summed E-state index contributed by atoms with van der Waals surface area (Å²) >= 11 is 0. The molecule has 0 atom stereocenters. The number of nitrogens with one attached hydrogen (secondary N) is 1. The van der Waals surface area contributed by atoms with E-state index in [1.165, 1.54) is 18.0 Å². The quantitative estimate of drug-likeness (QED) is 0.285. The van der Waals surface area contributed by atoms with Crippen molar-refractivity contribution in [1.82, 2.24) is 19.7 Å². The number of amides is 2. The Hall–Kier alpha value is -4.88. The van der Waals surface area contributed by atoms with Gasteiger partial charge in [-0.2, -0.15) is 5.10 Å². The van der Waals surface area contributed by atoms with E-state index in [4.69, 9.17) is 19.9 Å². The van der Waals surface area contributed by atoms with E-state index in [-0.39, 0.29) is 36.2 Å². The first-order valence-electron chi connectivity index (χ1n) is 14.9. The van der Waals surface area contributed by atoms with Crippen LogP contribution in [-0.4, -0.2) is 70.4 Å². The molecule has 2 aliphatic heterocycles. The molecule has 0 aliphatic carbocycles. The topological polar surface area (TPSA) is 134 Å². The number of carbonyl (C=O) groups excluding carboxylic acids is 2. The first-order valence-corrected chi connectivity index (χ1v) is 14.9. The smallest absolute Gasteiger partial charge is 0.275 e. The lowest BCUT2D eigenvalue weighted by molar-refractivity contribution is -0.116. The van der Waals surface area contributed by atoms with Crippen LogP contribution in [0, 0.1) is 11.6 Å². The molecule has 1 saturated heterocycles. The summed E-state index contributed by atoms with van der Waals surface area (Å²) in [6, 6.07) is 8.35. The fourth-order valence-corrected chi connectivity index (χ4v) is 5.80. The van der Waals surface area contributed by atoms with Crippen LogP contribution < -0.4 is 20.5 Å². The highest BCUT2D eigenvalue weighted by Gasteiger charge is 2.39. The van der Waals surface area contributed by atoms with Gasteiger partial charge < -0.3 is 30.2 Å². The molecule has 0 saturated carbocycles. The Kier molecular flexibility index (Phi) is 8.45. The first kappa shape index (κ1) is 31.1. The van der Waals surface area contributed by atoms with Crippen LogP contribution in [-0.2, 0) is 16.1 Å². The van der Waals surface area contributed by atoms with Crippen molar-refractivity contribution in [3.8, 4) is 39.6 Å². The van der Waals surface area contributed by atoms with E-state index in [0.717, 1.165) is 18.2 Å². The zero-order valence-corrected chi connectivity index (χ0v) is 25.7. The number of hydrogen-bond donors (Lipinski definition) is 2. The van der Waals surface area contributed by atoms with Crippen LogP contribution in [0.2, 0.25) is 0 Å². The van der Waals surface area contributed by atoms with Crippen molar-refractivity contribution in [2.75, 3.05) is 38.7 Å². The number of hydrogen-bond acceptors (Lipinski definition) is 8. The van der Waals surface area contributed by atoms with Gasteiger partial charge in [0.2, 0.25) is 5.91 Å². The summed E-state index contributed by atoms with van der Waals surface area (Å²) in [6.07, 6.45) is 3.99. The fourth-order valence-electron chi connectivity index (χ4n) is 5.80. The van der Waals surface area contributed by atoms with Gasteiger partial charge in [0.25, 0.3) is 5.91 Å². The maximum absolute atomic E-state index is 14.5. The van der Waals surface area contributed by atoms with Gasteiger partial charge in [0.15, 0.2) is 5.69 Å². The minimum Gasteiger partial charge on any atom is -0.496 e. The number of carbonyl (C=O) groups is 2. The number of pyridine rings is 1. The van der Waals surface area contributed by atoms with Crippen molar-refractivity contribution in [2.24, 2.45) is 5.73 Å². The molecule has 46 heavy (non-hydrogen) atoms. The number of aromatic nitrogens is 3.